The van der Waals surface area contributed by atoms with Crippen molar-refractivity contribution in [3.63, 3.8) is 0 Å². The Labute approximate surface area is 105 Å². The maximum absolute atomic E-state index is 10.9. The first kappa shape index (κ1) is 12.4. The predicted octanol–water partition coefficient (Wildman–Crippen LogP) is 1.20. The molecule has 0 aliphatic carbocycles. The minimum absolute atomic E-state index is 0.462. The van der Waals surface area contributed by atoms with Crippen LogP contribution in [0.5, 0.6) is 0 Å². The molecule has 0 saturated carbocycles. The summed E-state index contributed by atoms with van der Waals surface area (Å²) in [5.41, 5.74) is 1.15. The Morgan fingerprint density at radius 2 is 2.18 bits per heavy atom. The summed E-state index contributed by atoms with van der Waals surface area (Å²) in [5.74, 6) is -0.786. The molecule has 1 atom stereocenters. The predicted molar refractivity (Wildman–Crippen MR) is 66.2 cm³/mol. The molecule has 1 saturated heterocycles. The summed E-state index contributed by atoms with van der Waals surface area (Å²) < 4.78 is 0. The van der Waals surface area contributed by atoms with Crippen molar-refractivity contribution in [2.24, 2.45) is 0 Å². The lowest BCUT2D eigenvalue weighted by molar-refractivity contribution is -0.140. The van der Waals surface area contributed by atoms with E-state index in [4.69, 9.17) is 16.7 Å². The van der Waals surface area contributed by atoms with Crippen molar-refractivity contribution < 1.29 is 9.90 Å². The van der Waals surface area contributed by atoms with Crippen LogP contribution in [0.1, 0.15) is 5.56 Å². The van der Waals surface area contributed by atoms with Crippen molar-refractivity contribution in [3.05, 3.63) is 34.9 Å². The van der Waals surface area contributed by atoms with Crippen LogP contribution in [0.2, 0.25) is 5.02 Å². The van der Waals surface area contributed by atoms with Crippen molar-refractivity contribution in [1.82, 2.24) is 10.2 Å². The van der Waals surface area contributed by atoms with Gasteiger partial charge in [-0.15, -0.1) is 0 Å². The minimum atomic E-state index is -0.786. The Hall–Kier alpha value is -1.10. The largest absolute Gasteiger partial charge is 0.480 e. The summed E-state index contributed by atoms with van der Waals surface area (Å²) in [7, 11) is 0. The molecule has 1 aliphatic rings. The van der Waals surface area contributed by atoms with Gasteiger partial charge in [0.05, 0.1) is 0 Å². The summed E-state index contributed by atoms with van der Waals surface area (Å²) in [5, 5.41) is 12.7. The minimum Gasteiger partial charge on any atom is -0.480 e. The zero-order valence-electron chi connectivity index (χ0n) is 9.40. The first-order chi connectivity index (χ1) is 8.15. The number of halogens is 1. The van der Waals surface area contributed by atoms with E-state index in [2.05, 4.69) is 10.2 Å². The summed E-state index contributed by atoms with van der Waals surface area (Å²) in [4.78, 5) is 13.0. The second-order valence-electron chi connectivity index (χ2n) is 4.21. The number of carboxylic acids is 1. The number of piperazine rings is 1. The van der Waals surface area contributed by atoms with Crippen LogP contribution in [0.15, 0.2) is 24.3 Å². The lowest BCUT2D eigenvalue weighted by Gasteiger charge is -2.31. The van der Waals surface area contributed by atoms with Crippen LogP contribution in [0.3, 0.4) is 0 Å². The Bertz CT molecular complexity index is 394. The van der Waals surface area contributed by atoms with Crippen molar-refractivity contribution >= 4 is 17.6 Å². The summed E-state index contributed by atoms with van der Waals surface area (Å²) in [6.45, 7) is 2.89. The van der Waals surface area contributed by atoms with Gasteiger partial charge in [-0.05, 0) is 17.7 Å². The monoisotopic (exact) mass is 254 g/mol. The average Bonchev–Trinajstić information content (AvgIpc) is 2.32. The van der Waals surface area contributed by atoms with E-state index in [0.717, 1.165) is 23.7 Å². The van der Waals surface area contributed by atoms with Gasteiger partial charge in [-0.2, -0.15) is 0 Å². The van der Waals surface area contributed by atoms with E-state index in [9.17, 15) is 4.79 Å². The van der Waals surface area contributed by atoms with Gasteiger partial charge in [0.15, 0.2) is 0 Å². The van der Waals surface area contributed by atoms with Crippen LogP contribution < -0.4 is 5.32 Å². The first-order valence-electron chi connectivity index (χ1n) is 5.58. The third-order valence-electron chi connectivity index (χ3n) is 2.88. The smallest absolute Gasteiger partial charge is 0.322 e. The lowest BCUT2D eigenvalue weighted by atomic mass is 10.1. The number of benzene rings is 1. The van der Waals surface area contributed by atoms with Crippen LogP contribution in [-0.2, 0) is 11.3 Å². The Morgan fingerprint density at radius 1 is 1.47 bits per heavy atom. The van der Waals surface area contributed by atoms with Gasteiger partial charge in [-0.25, -0.2) is 0 Å². The van der Waals surface area contributed by atoms with E-state index in [-0.39, 0.29) is 0 Å². The molecule has 1 aliphatic heterocycles. The van der Waals surface area contributed by atoms with Crippen molar-refractivity contribution in [2.45, 2.75) is 12.6 Å². The molecule has 0 radical (unpaired) electrons. The molecule has 0 bridgehead atoms. The van der Waals surface area contributed by atoms with Gasteiger partial charge >= 0.3 is 5.97 Å². The number of hydrogen-bond donors (Lipinski definition) is 2. The quantitative estimate of drug-likeness (QED) is 0.851. The fourth-order valence-electron chi connectivity index (χ4n) is 1.97. The van der Waals surface area contributed by atoms with Crippen LogP contribution in [0, 0.1) is 0 Å². The molecule has 1 aromatic rings. The molecular formula is C12H15ClN2O2. The van der Waals surface area contributed by atoms with E-state index in [1.165, 1.54) is 0 Å². The topological polar surface area (TPSA) is 52.6 Å². The molecule has 1 aromatic carbocycles. The summed E-state index contributed by atoms with van der Waals surface area (Å²) in [6, 6.07) is 7.19. The fourth-order valence-corrected chi connectivity index (χ4v) is 2.09. The molecule has 0 aromatic heterocycles. The summed E-state index contributed by atoms with van der Waals surface area (Å²) >= 11 is 5.82. The van der Waals surface area contributed by atoms with Crippen LogP contribution in [0.4, 0.5) is 0 Å². The normalized spacial score (nSPS) is 21.4. The van der Waals surface area contributed by atoms with Crippen LogP contribution in [-0.4, -0.2) is 41.7 Å². The van der Waals surface area contributed by atoms with Crippen molar-refractivity contribution in [1.29, 1.82) is 0 Å². The number of nitrogens with one attached hydrogen (secondary N) is 1. The van der Waals surface area contributed by atoms with Gasteiger partial charge in [0, 0.05) is 31.2 Å². The second-order valence-corrected chi connectivity index (χ2v) is 4.64. The third kappa shape index (κ3) is 3.43. The molecule has 17 heavy (non-hydrogen) atoms. The first-order valence-corrected chi connectivity index (χ1v) is 5.96. The highest BCUT2D eigenvalue weighted by Gasteiger charge is 2.24. The molecular weight excluding hydrogens is 240 g/mol. The zero-order chi connectivity index (χ0) is 12.3. The highest BCUT2D eigenvalue weighted by atomic mass is 35.5. The molecule has 92 valence electrons. The molecule has 0 amide bonds. The zero-order valence-corrected chi connectivity index (χ0v) is 10.2. The molecule has 1 fully saturated rings. The number of aliphatic carboxylic acids is 1. The SMILES string of the molecule is O=C(O)[C@H]1CN(Cc2ccc(Cl)cc2)CCN1. The summed E-state index contributed by atoms with van der Waals surface area (Å²) in [6.07, 6.45) is 0. The number of carboxylic acid groups (broad SMARTS) is 1. The maximum atomic E-state index is 10.9. The van der Waals surface area contributed by atoms with E-state index >= 15 is 0 Å². The highest BCUT2D eigenvalue weighted by Crippen LogP contribution is 2.12. The molecule has 5 heteroatoms. The Kier molecular flexibility index (Phi) is 3.99. The van der Waals surface area contributed by atoms with E-state index in [1.54, 1.807) is 0 Å². The average molecular weight is 255 g/mol. The van der Waals surface area contributed by atoms with E-state index < -0.39 is 12.0 Å². The van der Waals surface area contributed by atoms with Gasteiger partial charge in [0.25, 0.3) is 0 Å². The van der Waals surface area contributed by atoms with Gasteiger partial charge in [-0.1, -0.05) is 23.7 Å². The Balaban J connectivity index is 1.94. The van der Waals surface area contributed by atoms with Crippen molar-refractivity contribution in [3.8, 4) is 0 Å². The molecule has 4 nitrogen and oxygen atoms in total. The lowest BCUT2D eigenvalue weighted by Crippen LogP contribution is -2.53. The molecule has 2 N–H and O–H groups in total. The fraction of sp³-hybridized carbons (Fsp3) is 0.417. The maximum Gasteiger partial charge on any atom is 0.322 e. The van der Waals surface area contributed by atoms with Gasteiger partial charge in [-0.3, -0.25) is 9.69 Å². The van der Waals surface area contributed by atoms with Crippen LogP contribution in [0.25, 0.3) is 0 Å². The number of rotatable bonds is 3. The third-order valence-corrected chi connectivity index (χ3v) is 3.13. The van der Waals surface area contributed by atoms with Crippen molar-refractivity contribution in [2.75, 3.05) is 19.6 Å². The van der Waals surface area contributed by atoms with Gasteiger partial charge < -0.3 is 10.4 Å². The molecule has 1 heterocycles. The molecule has 2 rings (SSSR count). The van der Waals surface area contributed by atoms with E-state index in [0.29, 0.717) is 13.1 Å². The molecule has 0 spiro atoms. The number of hydrogen-bond acceptors (Lipinski definition) is 3. The Morgan fingerprint density at radius 3 is 2.82 bits per heavy atom. The molecule has 0 unspecified atom stereocenters. The number of nitrogens with zero attached hydrogens (tertiary/aromatic N) is 1. The second kappa shape index (κ2) is 5.49. The number of carbonyl (C=O) groups is 1. The standard InChI is InChI=1S/C12H15ClN2O2/c13-10-3-1-9(2-4-10)7-15-6-5-14-11(8-15)12(16)17/h1-4,11,14H,5-8H2,(H,16,17)/t11-/m1/s1. The van der Waals surface area contributed by atoms with Gasteiger partial charge in [0.2, 0.25) is 0 Å². The van der Waals surface area contributed by atoms with E-state index in [1.807, 2.05) is 24.3 Å². The highest BCUT2D eigenvalue weighted by molar-refractivity contribution is 6.30. The van der Waals surface area contributed by atoms with Gasteiger partial charge in [0.1, 0.15) is 6.04 Å². The van der Waals surface area contributed by atoms with Crippen LogP contribution >= 0.6 is 11.6 Å².